The minimum absolute atomic E-state index is 0.0171. The number of benzene rings is 1. The molecule has 1 amide bonds. The normalized spacial score (nSPS) is 16.7. The predicted octanol–water partition coefficient (Wildman–Crippen LogP) is 0.722. The van der Waals surface area contributed by atoms with Crippen molar-refractivity contribution in [2.75, 3.05) is 18.6 Å². The number of amides is 1. The van der Waals surface area contributed by atoms with Gasteiger partial charge in [0, 0.05) is 18.8 Å². The molecule has 0 aromatic heterocycles. The molecule has 0 saturated heterocycles. The Morgan fingerprint density at radius 1 is 1.35 bits per heavy atom. The van der Waals surface area contributed by atoms with E-state index in [0.29, 0.717) is 0 Å². The third kappa shape index (κ3) is 4.05. The number of carbonyl (C=O) groups excluding carboxylic acids is 1. The molecule has 20 heavy (non-hydrogen) atoms. The fourth-order valence-corrected chi connectivity index (χ4v) is 2.63. The molecule has 0 bridgehead atoms. The fourth-order valence-electron chi connectivity index (χ4n) is 2.10. The van der Waals surface area contributed by atoms with Crippen LogP contribution >= 0.6 is 0 Å². The summed E-state index contributed by atoms with van der Waals surface area (Å²) in [6.45, 7) is 0.225. The summed E-state index contributed by atoms with van der Waals surface area (Å²) in [6, 6.07) is 8.58. The smallest absolute Gasteiger partial charge is 0.244 e. The van der Waals surface area contributed by atoms with Gasteiger partial charge in [0.15, 0.2) is 0 Å². The van der Waals surface area contributed by atoms with E-state index in [1.165, 1.54) is 6.26 Å². The number of sulfone groups is 1. The molecule has 1 fully saturated rings. The van der Waals surface area contributed by atoms with Gasteiger partial charge in [-0.05, 0) is 18.4 Å². The van der Waals surface area contributed by atoms with Gasteiger partial charge in [-0.2, -0.15) is 0 Å². The summed E-state index contributed by atoms with van der Waals surface area (Å²) in [5.74, 6) is -0.209. The molecule has 0 aliphatic heterocycles. The number of rotatable bonds is 6. The summed E-state index contributed by atoms with van der Waals surface area (Å²) in [7, 11) is -3.08. The van der Waals surface area contributed by atoms with Gasteiger partial charge in [0.1, 0.15) is 15.9 Å². The van der Waals surface area contributed by atoms with Gasteiger partial charge in [0.25, 0.3) is 0 Å². The maximum absolute atomic E-state index is 12.4. The second kappa shape index (κ2) is 5.93. The van der Waals surface area contributed by atoms with Crippen LogP contribution in [0.2, 0.25) is 0 Å². The lowest BCUT2D eigenvalue weighted by Gasteiger charge is -2.25. The van der Waals surface area contributed by atoms with E-state index in [1.807, 2.05) is 30.3 Å². The third-order valence-corrected chi connectivity index (χ3v) is 4.32. The molecule has 5 nitrogen and oxygen atoms in total. The lowest BCUT2D eigenvalue weighted by molar-refractivity contribution is -0.133. The van der Waals surface area contributed by atoms with Crippen LogP contribution in [0.3, 0.4) is 0 Å². The van der Waals surface area contributed by atoms with Gasteiger partial charge >= 0.3 is 0 Å². The van der Waals surface area contributed by atoms with E-state index in [4.69, 9.17) is 5.73 Å². The minimum Gasteiger partial charge on any atom is -0.337 e. The molecule has 2 rings (SSSR count). The van der Waals surface area contributed by atoms with Crippen LogP contribution in [0, 0.1) is 0 Å². The topological polar surface area (TPSA) is 80.5 Å². The number of nitrogens with two attached hydrogens (primary N) is 1. The van der Waals surface area contributed by atoms with Crippen molar-refractivity contribution in [3.05, 3.63) is 35.9 Å². The SMILES string of the molecule is CS(=O)(=O)CCN(C(=O)C(N)c1ccccc1)C1CC1. The number of carbonyl (C=O) groups is 1. The highest BCUT2D eigenvalue weighted by molar-refractivity contribution is 7.90. The highest BCUT2D eigenvalue weighted by atomic mass is 32.2. The van der Waals surface area contributed by atoms with E-state index in [2.05, 4.69) is 0 Å². The monoisotopic (exact) mass is 296 g/mol. The Morgan fingerprint density at radius 2 is 1.95 bits per heavy atom. The molecule has 1 saturated carbocycles. The molecular formula is C14H20N2O3S. The van der Waals surface area contributed by atoms with Crippen molar-refractivity contribution in [2.24, 2.45) is 5.73 Å². The van der Waals surface area contributed by atoms with Gasteiger partial charge < -0.3 is 10.6 Å². The summed E-state index contributed by atoms with van der Waals surface area (Å²) < 4.78 is 22.5. The minimum atomic E-state index is -3.08. The molecule has 0 heterocycles. The van der Waals surface area contributed by atoms with Gasteiger partial charge in [-0.15, -0.1) is 0 Å². The maximum Gasteiger partial charge on any atom is 0.244 e. The fraction of sp³-hybridized carbons (Fsp3) is 0.500. The first-order valence-corrected chi connectivity index (χ1v) is 8.73. The van der Waals surface area contributed by atoms with Crippen molar-refractivity contribution >= 4 is 15.7 Å². The van der Waals surface area contributed by atoms with E-state index < -0.39 is 15.9 Å². The van der Waals surface area contributed by atoms with Crippen LogP contribution in [0.5, 0.6) is 0 Å². The molecular weight excluding hydrogens is 276 g/mol. The first kappa shape index (κ1) is 15.0. The van der Waals surface area contributed by atoms with Gasteiger partial charge in [-0.3, -0.25) is 4.79 Å². The molecule has 1 aliphatic rings. The van der Waals surface area contributed by atoms with Crippen molar-refractivity contribution < 1.29 is 13.2 Å². The van der Waals surface area contributed by atoms with Gasteiger partial charge in [0.05, 0.1) is 5.75 Å². The molecule has 0 radical (unpaired) electrons. The highest BCUT2D eigenvalue weighted by Crippen LogP contribution is 2.29. The molecule has 6 heteroatoms. The second-order valence-electron chi connectivity index (χ2n) is 5.28. The van der Waals surface area contributed by atoms with Crippen molar-refractivity contribution in [3.63, 3.8) is 0 Å². The average Bonchev–Trinajstić information content (AvgIpc) is 3.22. The Hall–Kier alpha value is -1.40. The molecule has 1 aliphatic carbocycles. The zero-order valence-corrected chi connectivity index (χ0v) is 12.3. The van der Waals surface area contributed by atoms with Crippen LogP contribution in [0.4, 0.5) is 0 Å². The summed E-state index contributed by atoms with van der Waals surface area (Å²) in [6.07, 6.45) is 3.04. The zero-order chi connectivity index (χ0) is 14.8. The summed E-state index contributed by atoms with van der Waals surface area (Å²) in [5, 5.41) is 0. The molecule has 1 aromatic rings. The van der Waals surface area contributed by atoms with Crippen LogP contribution in [-0.2, 0) is 14.6 Å². The van der Waals surface area contributed by atoms with E-state index >= 15 is 0 Å². The molecule has 0 spiro atoms. The van der Waals surface area contributed by atoms with Crippen LogP contribution in [0.25, 0.3) is 0 Å². The van der Waals surface area contributed by atoms with Crippen LogP contribution in [0.1, 0.15) is 24.4 Å². The summed E-state index contributed by atoms with van der Waals surface area (Å²) in [4.78, 5) is 14.1. The third-order valence-electron chi connectivity index (χ3n) is 3.40. The quantitative estimate of drug-likeness (QED) is 0.839. The van der Waals surface area contributed by atoms with E-state index in [9.17, 15) is 13.2 Å². The lowest BCUT2D eigenvalue weighted by Crippen LogP contribution is -2.42. The maximum atomic E-state index is 12.4. The number of hydrogen-bond acceptors (Lipinski definition) is 4. The first-order chi connectivity index (χ1) is 9.38. The van der Waals surface area contributed by atoms with Crippen molar-refractivity contribution in [3.8, 4) is 0 Å². The van der Waals surface area contributed by atoms with E-state index in [1.54, 1.807) is 4.90 Å². The number of nitrogens with zero attached hydrogens (tertiary/aromatic N) is 1. The molecule has 110 valence electrons. The van der Waals surface area contributed by atoms with Crippen LogP contribution in [0.15, 0.2) is 30.3 Å². The highest BCUT2D eigenvalue weighted by Gasteiger charge is 2.35. The van der Waals surface area contributed by atoms with Crippen LogP contribution < -0.4 is 5.73 Å². The summed E-state index contributed by atoms with van der Waals surface area (Å²) >= 11 is 0. The molecule has 1 atom stereocenters. The molecule has 1 aromatic carbocycles. The van der Waals surface area contributed by atoms with Gasteiger partial charge in [0.2, 0.25) is 5.91 Å². The van der Waals surface area contributed by atoms with Crippen LogP contribution in [-0.4, -0.2) is 43.8 Å². The Bertz CT molecular complexity index is 567. The van der Waals surface area contributed by atoms with Crippen molar-refractivity contribution in [1.82, 2.24) is 4.90 Å². The number of hydrogen-bond donors (Lipinski definition) is 1. The standard InChI is InChI=1S/C14H20N2O3S/c1-20(18,19)10-9-16(12-7-8-12)14(17)13(15)11-5-3-2-4-6-11/h2-6,12-13H,7-10,15H2,1H3. The Morgan fingerprint density at radius 3 is 2.45 bits per heavy atom. The first-order valence-electron chi connectivity index (χ1n) is 6.67. The van der Waals surface area contributed by atoms with Gasteiger partial charge in [-0.1, -0.05) is 30.3 Å². The zero-order valence-electron chi connectivity index (χ0n) is 11.5. The average molecular weight is 296 g/mol. The van der Waals surface area contributed by atoms with Crippen molar-refractivity contribution in [2.45, 2.75) is 24.9 Å². The Labute approximate surface area is 119 Å². The molecule has 2 N–H and O–H groups in total. The predicted molar refractivity (Wildman–Crippen MR) is 77.8 cm³/mol. The Kier molecular flexibility index (Phi) is 4.45. The summed E-state index contributed by atoms with van der Waals surface area (Å²) in [5.41, 5.74) is 6.76. The van der Waals surface area contributed by atoms with Gasteiger partial charge in [-0.25, -0.2) is 8.42 Å². The second-order valence-corrected chi connectivity index (χ2v) is 7.54. The largest absolute Gasteiger partial charge is 0.337 e. The van der Waals surface area contributed by atoms with Crippen molar-refractivity contribution in [1.29, 1.82) is 0 Å². The van der Waals surface area contributed by atoms with E-state index in [0.717, 1.165) is 18.4 Å². The lowest BCUT2D eigenvalue weighted by atomic mass is 10.1. The van der Waals surface area contributed by atoms with E-state index in [-0.39, 0.29) is 24.2 Å². The Balaban J connectivity index is 2.07. The molecule has 1 unspecified atom stereocenters.